The smallest absolute Gasteiger partial charge is 0.416 e. The van der Waals surface area contributed by atoms with Crippen LogP contribution in [-0.2, 0) is 11.0 Å². The van der Waals surface area contributed by atoms with Gasteiger partial charge in [-0.3, -0.25) is 9.69 Å². The lowest BCUT2D eigenvalue weighted by Crippen LogP contribution is -2.35. The summed E-state index contributed by atoms with van der Waals surface area (Å²) < 4.78 is 39.1. The normalized spacial score (nSPS) is 14.2. The maximum absolute atomic E-state index is 13.0. The fourth-order valence-electron chi connectivity index (χ4n) is 3.61. The van der Waals surface area contributed by atoms with Crippen molar-refractivity contribution in [2.24, 2.45) is 0 Å². The summed E-state index contributed by atoms with van der Waals surface area (Å²) in [4.78, 5) is 25.6. The lowest BCUT2D eigenvalue weighted by molar-refractivity contribution is -0.137. The Morgan fingerprint density at radius 3 is 2.59 bits per heavy atom. The maximum Gasteiger partial charge on any atom is 0.416 e. The van der Waals surface area contributed by atoms with Crippen LogP contribution in [0.15, 0.2) is 53.7 Å². The van der Waals surface area contributed by atoms with E-state index in [-0.39, 0.29) is 30.0 Å². The van der Waals surface area contributed by atoms with Crippen molar-refractivity contribution in [2.45, 2.75) is 32.4 Å². The zero-order valence-corrected chi connectivity index (χ0v) is 17.2. The molecule has 1 aliphatic rings. The van der Waals surface area contributed by atoms with Crippen LogP contribution >= 0.6 is 0 Å². The third-order valence-corrected chi connectivity index (χ3v) is 5.18. The van der Waals surface area contributed by atoms with E-state index in [9.17, 15) is 27.9 Å². The minimum atomic E-state index is -4.51. The number of carboxylic acid groups (broad SMARTS) is 1. The Bertz CT molecular complexity index is 1130. The summed E-state index contributed by atoms with van der Waals surface area (Å²) in [5.74, 6) is -0.261. The van der Waals surface area contributed by atoms with Gasteiger partial charge in [0.25, 0.3) is 0 Å². The number of hydrogen-bond acceptors (Lipinski definition) is 4. The first-order chi connectivity index (χ1) is 15.1. The second-order valence-electron chi connectivity index (χ2n) is 7.42. The SMILES string of the molecule is Cc1cc(C#N)ccc1N(CC1=C(Nc2cccc(C(F)(F)F)c2)CCCC1=O)C(=O)O. The summed E-state index contributed by atoms with van der Waals surface area (Å²) in [5, 5.41) is 21.7. The predicted octanol–water partition coefficient (Wildman–Crippen LogP) is 5.49. The number of aryl methyl sites for hydroxylation is 1. The van der Waals surface area contributed by atoms with E-state index < -0.39 is 17.8 Å². The standard InChI is InChI=1S/C23H20F3N3O3/c1-14-10-15(12-27)8-9-20(14)29(22(31)32)13-18-19(6-3-7-21(18)30)28-17-5-2-4-16(11-17)23(24,25)26/h2,4-5,8-11,28H,3,6-7,13H2,1H3,(H,31,32). The minimum Gasteiger partial charge on any atom is -0.465 e. The molecule has 2 aromatic carbocycles. The van der Waals surface area contributed by atoms with Gasteiger partial charge in [-0.05, 0) is 61.7 Å². The Balaban J connectivity index is 1.97. The molecule has 2 N–H and O–H groups in total. The number of Topliss-reactive ketones (excluding diaryl/α,β-unsaturated/α-hetero) is 1. The molecule has 1 aliphatic carbocycles. The topological polar surface area (TPSA) is 93.4 Å². The van der Waals surface area contributed by atoms with Gasteiger partial charge in [-0.2, -0.15) is 18.4 Å². The molecule has 0 aromatic heterocycles. The first kappa shape index (κ1) is 22.9. The van der Waals surface area contributed by atoms with Crippen molar-refractivity contribution in [2.75, 3.05) is 16.8 Å². The first-order valence-electron chi connectivity index (χ1n) is 9.81. The van der Waals surface area contributed by atoms with Gasteiger partial charge in [0.05, 0.1) is 29.4 Å². The van der Waals surface area contributed by atoms with E-state index in [0.717, 1.165) is 17.0 Å². The molecule has 0 radical (unpaired) electrons. The zero-order valence-electron chi connectivity index (χ0n) is 17.2. The summed E-state index contributed by atoms with van der Waals surface area (Å²) in [6.07, 6.45) is -4.67. The fourth-order valence-corrected chi connectivity index (χ4v) is 3.61. The van der Waals surface area contributed by atoms with Crippen LogP contribution in [0.3, 0.4) is 0 Å². The van der Waals surface area contributed by atoms with Crippen molar-refractivity contribution in [3.8, 4) is 6.07 Å². The number of allylic oxidation sites excluding steroid dienone is 1. The van der Waals surface area contributed by atoms with Crippen LogP contribution in [0.1, 0.15) is 36.0 Å². The zero-order chi connectivity index (χ0) is 23.5. The van der Waals surface area contributed by atoms with E-state index in [0.29, 0.717) is 35.4 Å². The maximum atomic E-state index is 13.0. The molecule has 0 spiro atoms. The van der Waals surface area contributed by atoms with Crippen LogP contribution < -0.4 is 10.2 Å². The highest BCUT2D eigenvalue weighted by molar-refractivity contribution is 6.00. The number of halogens is 3. The van der Waals surface area contributed by atoms with Crippen LogP contribution in [0.4, 0.5) is 29.3 Å². The summed E-state index contributed by atoms with van der Waals surface area (Å²) >= 11 is 0. The molecule has 0 unspecified atom stereocenters. The Morgan fingerprint density at radius 1 is 1.22 bits per heavy atom. The highest BCUT2D eigenvalue weighted by Crippen LogP contribution is 2.32. The third-order valence-electron chi connectivity index (χ3n) is 5.18. The number of nitrogens with zero attached hydrogens (tertiary/aromatic N) is 2. The number of nitriles is 1. The van der Waals surface area contributed by atoms with Gasteiger partial charge < -0.3 is 10.4 Å². The molecule has 0 saturated carbocycles. The van der Waals surface area contributed by atoms with Gasteiger partial charge in [0, 0.05) is 23.4 Å². The van der Waals surface area contributed by atoms with E-state index in [4.69, 9.17) is 5.26 Å². The van der Waals surface area contributed by atoms with Gasteiger partial charge in [0.15, 0.2) is 5.78 Å². The van der Waals surface area contributed by atoms with Crippen LogP contribution in [0.2, 0.25) is 0 Å². The molecule has 9 heteroatoms. The minimum absolute atomic E-state index is 0.165. The van der Waals surface area contributed by atoms with Gasteiger partial charge >= 0.3 is 12.3 Å². The third kappa shape index (κ3) is 5.09. The number of nitrogens with one attached hydrogen (secondary N) is 1. The number of hydrogen-bond donors (Lipinski definition) is 2. The number of anilines is 2. The Labute approximate surface area is 182 Å². The van der Waals surface area contributed by atoms with E-state index >= 15 is 0 Å². The second kappa shape index (κ2) is 9.14. The molecule has 0 bridgehead atoms. The molecule has 0 saturated heterocycles. The summed E-state index contributed by atoms with van der Waals surface area (Å²) in [6.45, 7) is 1.40. The van der Waals surface area contributed by atoms with Crippen molar-refractivity contribution in [3.63, 3.8) is 0 Å². The summed E-state index contributed by atoms with van der Waals surface area (Å²) in [6, 6.07) is 11.1. The molecule has 0 fully saturated rings. The van der Waals surface area contributed by atoms with Crippen molar-refractivity contribution in [1.82, 2.24) is 0 Å². The van der Waals surface area contributed by atoms with Crippen LogP contribution in [0.5, 0.6) is 0 Å². The van der Waals surface area contributed by atoms with Crippen LogP contribution in [-0.4, -0.2) is 23.5 Å². The molecule has 0 aliphatic heterocycles. The van der Waals surface area contributed by atoms with Crippen molar-refractivity contribution in [3.05, 3.63) is 70.4 Å². The molecule has 6 nitrogen and oxygen atoms in total. The number of ketones is 1. The lowest BCUT2D eigenvalue weighted by Gasteiger charge is -2.27. The Morgan fingerprint density at radius 2 is 1.97 bits per heavy atom. The molecule has 0 heterocycles. The number of carbonyl (C=O) groups excluding carboxylic acids is 1. The van der Waals surface area contributed by atoms with Crippen LogP contribution in [0, 0.1) is 18.3 Å². The Hall–Kier alpha value is -3.80. The van der Waals surface area contributed by atoms with Gasteiger partial charge in [0.1, 0.15) is 0 Å². The number of rotatable bonds is 5. The van der Waals surface area contributed by atoms with E-state index in [1.54, 1.807) is 13.0 Å². The second-order valence-corrected chi connectivity index (χ2v) is 7.42. The fraction of sp³-hybridized carbons (Fsp3) is 0.261. The quantitative estimate of drug-likeness (QED) is 0.638. The molecule has 2 aromatic rings. The highest BCUT2D eigenvalue weighted by Gasteiger charge is 2.31. The van der Waals surface area contributed by atoms with Gasteiger partial charge in [-0.1, -0.05) is 6.07 Å². The van der Waals surface area contributed by atoms with E-state index in [1.807, 2.05) is 6.07 Å². The first-order valence-corrected chi connectivity index (χ1v) is 9.81. The average molecular weight is 443 g/mol. The molecule has 3 rings (SSSR count). The summed E-state index contributed by atoms with van der Waals surface area (Å²) in [5.41, 5.74) is 1.18. The molecule has 166 valence electrons. The van der Waals surface area contributed by atoms with Crippen molar-refractivity contribution >= 4 is 23.3 Å². The molecule has 32 heavy (non-hydrogen) atoms. The van der Waals surface area contributed by atoms with Gasteiger partial charge in [-0.25, -0.2) is 4.79 Å². The molecular formula is C23H20F3N3O3. The predicted molar refractivity (Wildman–Crippen MR) is 112 cm³/mol. The monoisotopic (exact) mass is 443 g/mol. The highest BCUT2D eigenvalue weighted by atomic mass is 19.4. The Kier molecular flexibility index (Phi) is 6.53. The van der Waals surface area contributed by atoms with Crippen molar-refractivity contribution in [1.29, 1.82) is 5.26 Å². The number of carbonyl (C=O) groups is 2. The average Bonchev–Trinajstić information content (AvgIpc) is 2.73. The summed E-state index contributed by atoms with van der Waals surface area (Å²) in [7, 11) is 0. The number of benzene rings is 2. The van der Waals surface area contributed by atoms with Gasteiger partial charge in [0.2, 0.25) is 0 Å². The molecule has 0 atom stereocenters. The van der Waals surface area contributed by atoms with E-state index in [2.05, 4.69) is 5.32 Å². The molecular weight excluding hydrogens is 423 g/mol. The number of amides is 1. The lowest BCUT2D eigenvalue weighted by atomic mass is 9.93. The van der Waals surface area contributed by atoms with E-state index in [1.165, 1.54) is 24.3 Å². The van der Waals surface area contributed by atoms with Gasteiger partial charge in [-0.15, -0.1) is 0 Å². The van der Waals surface area contributed by atoms with Crippen molar-refractivity contribution < 1.29 is 27.9 Å². The molecule has 1 amide bonds. The largest absolute Gasteiger partial charge is 0.465 e. The van der Waals surface area contributed by atoms with Crippen LogP contribution in [0.25, 0.3) is 0 Å². The number of alkyl halides is 3.